The van der Waals surface area contributed by atoms with Crippen LogP contribution in [0.4, 0.5) is 5.69 Å². The molecule has 0 spiro atoms. The average molecular weight is 399 g/mol. The van der Waals surface area contributed by atoms with Gasteiger partial charge < -0.3 is 10.1 Å². The Kier molecular flexibility index (Phi) is 5.23. The molecule has 1 aromatic heterocycles. The van der Waals surface area contributed by atoms with Gasteiger partial charge in [-0.15, -0.1) is 11.3 Å². The van der Waals surface area contributed by atoms with Gasteiger partial charge in [-0.05, 0) is 55.5 Å². The molecule has 4 rings (SSSR count). The molecule has 0 aliphatic rings. The fourth-order valence-electron chi connectivity index (χ4n) is 2.85. The highest BCUT2D eigenvalue weighted by Crippen LogP contribution is 2.31. The highest BCUT2D eigenvalue weighted by Gasteiger charge is 2.16. The number of rotatable bonds is 5. The second-order valence-corrected chi connectivity index (χ2v) is 7.45. The number of anilines is 1. The van der Waals surface area contributed by atoms with Crippen molar-refractivity contribution in [3.63, 3.8) is 0 Å². The standard InChI is InChI=1S/C23H17N3O2S/c1-15(22(27)25-19-7-3-2-6-17(19)14-24)28-18-12-10-16(11-13-18)23-26-20-8-4-5-9-21(20)29-23/h2-13,15H,1H3,(H,25,27)/t15-/m0/s1. The van der Waals surface area contributed by atoms with E-state index in [0.29, 0.717) is 17.0 Å². The van der Waals surface area contributed by atoms with Crippen molar-refractivity contribution in [1.29, 1.82) is 5.26 Å². The van der Waals surface area contributed by atoms with E-state index in [1.807, 2.05) is 42.5 Å². The minimum Gasteiger partial charge on any atom is -0.481 e. The zero-order valence-electron chi connectivity index (χ0n) is 15.6. The maximum Gasteiger partial charge on any atom is 0.265 e. The lowest BCUT2D eigenvalue weighted by molar-refractivity contribution is -0.122. The van der Waals surface area contributed by atoms with Crippen molar-refractivity contribution in [2.45, 2.75) is 13.0 Å². The molecule has 4 aromatic rings. The van der Waals surface area contributed by atoms with Crippen LogP contribution < -0.4 is 10.1 Å². The van der Waals surface area contributed by atoms with Gasteiger partial charge in [-0.3, -0.25) is 4.79 Å². The molecule has 1 N–H and O–H groups in total. The summed E-state index contributed by atoms with van der Waals surface area (Å²) in [5.41, 5.74) is 2.87. The van der Waals surface area contributed by atoms with E-state index >= 15 is 0 Å². The Bertz CT molecular complexity index is 1180. The minimum absolute atomic E-state index is 0.317. The first-order valence-electron chi connectivity index (χ1n) is 9.07. The number of hydrogen-bond acceptors (Lipinski definition) is 5. The molecule has 0 fully saturated rings. The molecule has 142 valence electrons. The molecule has 0 unspecified atom stereocenters. The summed E-state index contributed by atoms with van der Waals surface area (Å²) in [5.74, 6) is 0.272. The number of benzene rings is 3. The van der Waals surface area contributed by atoms with Crippen LogP contribution in [0, 0.1) is 11.3 Å². The molecule has 0 saturated carbocycles. The third kappa shape index (κ3) is 4.10. The van der Waals surface area contributed by atoms with Crippen LogP contribution in [0.25, 0.3) is 20.8 Å². The number of nitrogens with one attached hydrogen (secondary N) is 1. The Hall–Kier alpha value is -3.69. The number of nitriles is 1. The molecule has 6 heteroatoms. The van der Waals surface area contributed by atoms with Crippen LogP contribution in [0.15, 0.2) is 72.8 Å². The second kappa shape index (κ2) is 8.13. The fourth-order valence-corrected chi connectivity index (χ4v) is 3.82. The SMILES string of the molecule is C[C@H](Oc1ccc(-c2nc3ccccc3s2)cc1)C(=O)Nc1ccccc1C#N. The second-order valence-electron chi connectivity index (χ2n) is 6.42. The summed E-state index contributed by atoms with van der Waals surface area (Å²) in [6, 6.07) is 24.5. The summed E-state index contributed by atoms with van der Waals surface area (Å²) in [5, 5.41) is 12.8. The predicted octanol–water partition coefficient (Wildman–Crippen LogP) is 5.24. The van der Waals surface area contributed by atoms with Gasteiger partial charge in [0.05, 0.1) is 21.5 Å². The third-order valence-electron chi connectivity index (χ3n) is 4.38. The van der Waals surface area contributed by atoms with Crippen LogP contribution in [0.5, 0.6) is 5.75 Å². The van der Waals surface area contributed by atoms with Gasteiger partial charge in [0.2, 0.25) is 0 Å². The van der Waals surface area contributed by atoms with E-state index in [1.54, 1.807) is 42.5 Å². The Morgan fingerprint density at radius 3 is 2.55 bits per heavy atom. The van der Waals surface area contributed by atoms with Gasteiger partial charge in [-0.1, -0.05) is 24.3 Å². The van der Waals surface area contributed by atoms with Crippen molar-refractivity contribution in [2.24, 2.45) is 0 Å². The van der Waals surface area contributed by atoms with Crippen molar-refractivity contribution >= 4 is 33.1 Å². The maximum atomic E-state index is 12.4. The van der Waals surface area contributed by atoms with Crippen molar-refractivity contribution < 1.29 is 9.53 Å². The molecular formula is C23H17N3O2S. The molecule has 1 amide bonds. The lowest BCUT2D eigenvalue weighted by Crippen LogP contribution is -2.30. The molecule has 0 aliphatic heterocycles. The number of carbonyl (C=O) groups is 1. The maximum absolute atomic E-state index is 12.4. The van der Waals surface area contributed by atoms with Gasteiger partial charge in [0, 0.05) is 5.56 Å². The molecule has 1 heterocycles. The van der Waals surface area contributed by atoms with Crippen molar-refractivity contribution in [3.8, 4) is 22.4 Å². The number of ether oxygens (including phenoxy) is 1. The van der Waals surface area contributed by atoms with Crippen molar-refractivity contribution in [2.75, 3.05) is 5.32 Å². The first-order chi connectivity index (χ1) is 14.1. The van der Waals surface area contributed by atoms with Crippen LogP contribution in [0.1, 0.15) is 12.5 Å². The average Bonchev–Trinajstić information content (AvgIpc) is 3.19. The van der Waals surface area contributed by atoms with Crippen molar-refractivity contribution in [1.82, 2.24) is 4.98 Å². The molecule has 3 aromatic carbocycles. The molecule has 0 radical (unpaired) electrons. The summed E-state index contributed by atoms with van der Waals surface area (Å²) in [6.07, 6.45) is -0.713. The van der Waals surface area contributed by atoms with Gasteiger partial charge in [0.25, 0.3) is 5.91 Å². The van der Waals surface area contributed by atoms with E-state index in [-0.39, 0.29) is 5.91 Å². The highest BCUT2D eigenvalue weighted by molar-refractivity contribution is 7.21. The van der Waals surface area contributed by atoms with E-state index in [1.165, 1.54) is 0 Å². The number of carbonyl (C=O) groups excluding carboxylic acids is 1. The van der Waals surface area contributed by atoms with Gasteiger partial charge in [0.15, 0.2) is 6.10 Å². The van der Waals surface area contributed by atoms with Crippen molar-refractivity contribution in [3.05, 3.63) is 78.4 Å². The topological polar surface area (TPSA) is 75.0 Å². The number of hydrogen-bond donors (Lipinski definition) is 1. The lowest BCUT2D eigenvalue weighted by Gasteiger charge is -2.15. The number of nitrogens with zero attached hydrogens (tertiary/aromatic N) is 2. The third-order valence-corrected chi connectivity index (χ3v) is 5.47. The summed E-state index contributed by atoms with van der Waals surface area (Å²) >= 11 is 1.64. The minimum atomic E-state index is -0.713. The quantitative estimate of drug-likeness (QED) is 0.498. The summed E-state index contributed by atoms with van der Waals surface area (Å²) in [6.45, 7) is 1.67. The van der Waals surface area contributed by atoms with Gasteiger partial charge in [-0.25, -0.2) is 4.98 Å². The number of para-hydroxylation sites is 2. The van der Waals surface area contributed by atoms with E-state index in [9.17, 15) is 4.79 Å². The van der Waals surface area contributed by atoms with E-state index in [4.69, 9.17) is 10.00 Å². The van der Waals surface area contributed by atoms with Crippen LogP contribution in [-0.4, -0.2) is 17.0 Å². The summed E-state index contributed by atoms with van der Waals surface area (Å²) < 4.78 is 6.90. The zero-order valence-corrected chi connectivity index (χ0v) is 16.4. The summed E-state index contributed by atoms with van der Waals surface area (Å²) in [4.78, 5) is 17.1. The number of aromatic nitrogens is 1. The Morgan fingerprint density at radius 1 is 1.07 bits per heavy atom. The molecule has 5 nitrogen and oxygen atoms in total. The first kappa shape index (κ1) is 18.7. The molecular weight excluding hydrogens is 382 g/mol. The van der Waals surface area contributed by atoms with Gasteiger partial charge >= 0.3 is 0 Å². The Labute approximate surface area is 172 Å². The fraction of sp³-hybridized carbons (Fsp3) is 0.0870. The largest absolute Gasteiger partial charge is 0.481 e. The molecule has 29 heavy (non-hydrogen) atoms. The van der Waals surface area contributed by atoms with Crippen LogP contribution in [-0.2, 0) is 4.79 Å². The monoisotopic (exact) mass is 399 g/mol. The van der Waals surface area contributed by atoms with E-state index < -0.39 is 6.10 Å². The highest BCUT2D eigenvalue weighted by atomic mass is 32.1. The number of thiazole rings is 1. The van der Waals surface area contributed by atoms with Crippen LogP contribution in [0.3, 0.4) is 0 Å². The van der Waals surface area contributed by atoms with E-state index in [2.05, 4.69) is 22.4 Å². The lowest BCUT2D eigenvalue weighted by atomic mass is 10.2. The Morgan fingerprint density at radius 2 is 1.79 bits per heavy atom. The molecule has 1 atom stereocenters. The van der Waals surface area contributed by atoms with Crippen LogP contribution >= 0.6 is 11.3 Å². The van der Waals surface area contributed by atoms with Gasteiger partial charge in [0.1, 0.15) is 16.8 Å². The van der Waals surface area contributed by atoms with E-state index in [0.717, 1.165) is 20.8 Å². The van der Waals surface area contributed by atoms with Crippen LogP contribution in [0.2, 0.25) is 0 Å². The zero-order chi connectivity index (χ0) is 20.2. The number of fused-ring (bicyclic) bond motifs is 1. The predicted molar refractivity (Wildman–Crippen MR) is 115 cm³/mol. The number of amides is 1. The van der Waals surface area contributed by atoms with Gasteiger partial charge in [-0.2, -0.15) is 5.26 Å². The summed E-state index contributed by atoms with van der Waals surface area (Å²) in [7, 11) is 0. The Balaban J connectivity index is 1.44. The molecule has 0 saturated heterocycles. The smallest absolute Gasteiger partial charge is 0.265 e. The normalized spacial score (nSPS) is 11.6. The molecule has 0 bridgehead atoms. The molecule has 0 aliphatic carbocycles. The first-order valence-corrected chi connectivity index (χ1v) is 9.88.